The minimum absolute atomic E-state index is 0.0447. The summed E-state index contributed by atoms with van der Waals surface area (Å²) in [6.07, 6.45) is -4.91. The van der Waals surface area contributed by atoms with Gasteiger partial charge < -0.3 is 9.15 Å². The third kappa shape index (κ3) is 4.31. The quantitative estimate of drug-likeness (QED) is 0.229. The van der Waals surface area contributed by atoms with Crippen LogP contribution in [0.15, 0.2) is 80.4 Å². The van der Waals surface area contributed by atoms with Crippen molar-refractivity contribution < 1.29 is 27.1 Å². The Hall–Kier alpha value is -3.39. The summed E-state index contributed by atoms with van der Waals surface area (Å²) in [5.41, 5.74) is -0.546. The van der Waals surface area contributed by atoms with Gasteiger partial charge in [0.05, 0.1) is 16.5 Å². The molecular weight excluding hydrogens is 489 g/mol. The summed E-state index contributed by atoms with van der Waals surface area (Å²) in [7, 11) is 0. The number of alkyl halides is 3. The van der Waals surface area contributed by atoms with Crippen LogP contribution in [0.25, 0.3) is 22.1 Å². The first-order valence-electron chi connectivity index (χ1n) is 9.36. The maximum absolute atomic E-state index is 13.8. The third-order valence-corrected chi connectivity index (χ3v) is 5.25. The summed E-state index contributed by atoms with van der Waals surface area (Å²) in [4.78, 5) is 25.4. The van der Waals surface area contributed by atoms with Gasteiger partial charge in [0, 0.05) is 10.5 Å². The van der Waals surface area contributed by atoms with Crippen LogP contribution in [-0.2, 0) is 6.18 Å². The van der Waals surface area contributed by atoms with E-state index >= 15 is 0 Å². The van der Waals surface area contributed by atoms with Crippen molar-refractivity contribution in [3.8, 4) is 16.9 Å². The Labute approximate surface area is 188 Å². The van der Waals surface area contributed by atoms with Gasteiger partial charge in [-0.15, -0.1) is 0 Å². The van der Waals surface area contributed by atoms with Crippen molar-refractivity contribution in [3.63, 3.8) is 0 Å². The second kappa shape index (κ2) is 8.27. The molecule has 0 saturated carbocycles. The van der Waals surface area contributed by atoms with Crippen molar-refractivity contribution in [1.29, 1.82) is 0 Å². The number of hydrogen-bond acceptors (Lipinski definition) is 4. The lowest BCUT2D eigenvalue weighted by Crippen LogP contribution is -2.16. The topological polar surface area (TPSA) is 56.5 Å². The van der Waals surface area contributed by atoms with E-state index in [4.69, 9.17) is 9.15 Å². The van der Waals surface area contributed by atoms with Crippen molar-refractivity contribution in [3.05, 3.63) is 98.3 Å². The SMILES string of the molecule is Cc1cccc(C(=O)Oc2ccc3c(=O)c(-c4ccc(Br)cc4)c(C(F)(F)F)oc3c2)c1. The number of aryl methyl sites for hydroxylation is 1. The first-order valence-corrected chi connectivity index (χ1v) is 10.2. The summed E-state index contributed by atoms with van der Waals surface area (Å²) < 4.78 is 52.4. The molecule has 0 bridgehead atoms. The first kappa shape index (κ1) is 21.8. The van der Waals surface area contributed by atoms with Crippen LogP contribution >= 0.6 is 15.9 Å². The highest BCUT2D eigenvalue weighted by molar-refractivity contribution is 9.10. The number of esters is 1. The number of rotatable bonds is 3. The second-order valence-electron chi connectivity index (χ2n) is 7.06. The largest absolute Gasteiger partial charge is 0.450 e. The van der Waals surface area contributed by atoms with Crippen molar-refractivity contribution in [2.24, 2.45) is 0 Å². The Morgan fingerprint density at radius 3 is 2.38 bits per heavy atom. The van der Waals surface area contributed by atoms with Gasteiger partial charge in [-0.2, -0.15) is 13.2 Å². The molecule has 162 valence electrons. The molecule has 3 aromatic carbocycles. The summed E-state index contributed by atoms with van der Waals surface area (Å²) in [5, 5.41) is -0.0636. The highest BCUT2D eigenvalue weighted by Gasteiger charge is 2.39. The molecule has 0 unspecified atom stereocenters. The molecule has 0 N–H and O–H groups in total. The van der Waals surface area contributed by atoms with Crippen LogP contribution < -0.4 is 10.2 Å². The molecule has 0 amide bonds. The van der Waals surface area contributed by atoms with E-state index in [1.165, 1.54) is 36.4 Å². The lowest BCUT2D eigenvalue weighted by atomic mass is 10.0. The van der Waals surface area contributed by atoms with E-state index in [1.807, 2.05) is 13.0 Å². The zero-order chi connectivity index (χ0) is 23.0. The molecule has 0 spiro atoms. The molecule has 0 saturated heterocycles. The summed E-state index contributed by atoms with van der Waals surface area (Å²) in [6.45, 7) is 1.81. The lowest BCUT2D eigenvalue weighted by molar-refractivity contribution is -0.152. The monoisotopic (exact) mass is 502 g/mol. The van der Waals surface area contributed by atoms with E-state index in [9.17, 15) is 22.8 Å². The van der Waals surface area contributed by atoms with Crippen LogP contribution in [0.2, 0.25) is 0 Å². The predicted octanol–water partition coefficient (Wildman–Crippen LogP) is 6.77. The summed E-state index contributed by atoms with van der Waals surface area (Å²) in [5.74, 6) is -2.14. The molecule has 4 rings (SSSR count). The van der Waals surface area contributed by atoms with Gasteiger partial charge in [-0.3, -0.25) is 4.79 Å². The minimum Gasteiger partial charge on any atom is -0.450 e. The normalized spacial score (nSPS) is 11.5. The summed E-state index contributed by atoms with van der Waals surface area (Å²) in [6, 6.07) is 16.3. The van der Waals surface area contributed by atoms with Crippen LogP contribution in [0.1, 0.15) is 21.7 Å². The number of hydrogen-bond donors (Lipinski definition) is 0. The van der Waals surface area contributed by atoms with Crippen LogP contribution in [0.5, 0.6) is 5.75 Å². The van der Waals surface area contributed by atoms with Crippen molar-refractivity contribution in [2.45, 2.75) is 13.1 Å². The van der Waals surface area contributed by atoms with Crippen molar-refractivity contribution in [2.75, 3.05) is 0 Å². The van der Waals surface area contributed by atoms with E-state index < -0.39 is 28.9 Å². The van der Waals surface area contributed by atoms with Gasteiger partial charge in [-0.25, -0.2) is 4.79 Å². The number of halogens is 4. The molecule has 1 heterocycles. The number of ether oxygens (including phenoxy) is 1. The molecular formula is C24H14BrF3O4. The standard InChI is InChI=1S/C24H14BrF3O4/c1-13-3-2-4-15(11-13)23(30)31-17-9-10-18-19(12-17)32-22(24(26,27)28)20(21(18)29)14-5-7-16(25)8-6-14/h2-12H,1H3. The maximum Gasteiger partial charge on any atom is 0.450 e. The van der Waals surface area contributed by atoms with Gasteiger partial charge in [0.25, 0.3) is 0 Å². The fraction of sp³-hybridized carbons (Fsp3) is 0.0833. The average molecular weight is 503 g/mol. The Morgan fingerprint density at radius 1 is 1.00 bits per heavy atom. The number of benzene rings is 3. The fourth-order valence-corrected chi connectivity index (χ4v) is 3.52. The maximum atomic E-state index is 13.8. The molecule has 0 aliphatic rings. The fourth-order valence-electron chi connectivity index (χ4n) is 3.25. The molecule has 0 radical (unpaired) electrons. The molecule has 0 atom stereocenters. The van der Waals surface area contributed by atoms with Crippen LogP contribution in [0.4, 0.5) is 13.2 Å². The minimum atomic E-state index is -4.91. The molecule has 32 heavy (non-hydrogen) atoms. The zero-order valence-electron chi connectivity index (χ0n) is 16.5. The Bertz CT molecular complexity index is 1390. The van der Waals surface area contributed by atoms with Gasteiger partial charge in [0.15, 0.2) is 0 Å². The predicted molar refractivity (Wildman–Crippen MR) is 117 cm³/mol. The van der Waals surface area contributed by atoms with Gasteiger partial charge in [0.1, 0.15) is 11.3 Å². The molecule has 4 nitrogen and oxygen atoms in total. The summed E-state index contributed by atoms with van der Waals surface area (Å²) >= 11 is 3.22. The van der Waals surface area contributed by atoms with E-state index in [2.05, 4.69) is 15.9 Å². The van der Waals surface area contributed by atoms with Gasteiger partial charge in [-0.1, -0.05) is 45.8 Å². The van der Waals surface area contributed by atoms with Gasteiger partial charge >= 0.3 is 12.1 Å². The van der Waals surface area contributed by atoms with Crippen LogP contribution in [0.3, 0.4) is 0 Å². The van der Waals surface area contributed by atoms with Crippen LogP contribution in [0, 0.1) is 6.92 Å². The van der Waals surface area contributed by atoms with E-state index in [0.29, 0.717) is 4.47 Å². The van der Waals surface area contributed by atoms with Crippen molar-refractivity contribution >= 4 is 32.9 Å². The van der Waals surface area contributed by atoms with Gasteiger partial charge in [0.2, 0.25) is 11.2 Å². The number of fused-ring (bicyclic) bond motifs is 1. The first-order chi connectivity index (χ1) is 15.1. The van der Waals surface area contributed by atoms with E-state index in [0.717, 1.165) is 11.6 Å². The average Bonchev–Trinajstić information content (AvgIpc) is 2.73. The number of carbonyl (C=O) groups is 1. The van der Waals surface area contributed by atoms with E-state index in [1.54, 1.807) is 18.2 Å². The molecule has 0 aliphatic heterocycles. The number of carbonyl (C=O) groups excluding carboxylic acids is 1. The van der Waals surface area contributed by atoms with Gasteiger partial charge in [-0.05, 0) is 48.9 Å². The molecule has 1 aromatic heterocycles. The van der Waals surface area contributed by atoms with E-state index in [-0.39, 0.29) is 27.8 Å². The Kier molecular flexibility index (Phi) is 5.64. The molecule has 8 heteroatoms. The highest BCUT2D eigenvalue weighted by atomic mass is 79.9. The molecule has 0 aliphatic carbocycles. The smallest absolute Gasteiger partial charge is 0.450 e. The highest BCUT2D eigenvalue weighted by Crippen LogP contribution is 2.38. The second-order valence-corrected chi connectivity index (χ2v) is 7.97. The third-order valence-electron chi connectivity index (χ3n) is 4.72. The Morgan fingerprint density at radius 2 is 1.72 bits per heavy atom. The molecule has 0 fully saturated rings. The van der Waals surface area contributed by atoms with Crippen molar-refractivity contribution in [1.82, 2.24) is 0 Å². The van der Waals surface area contributed by atoms with Crippen LogP contribution in [-0.4, -0.2) is 5.97 Å². The Balaban J connectivity index is 1.82. The zero-order valence-corrected chi connectivity index (χ0v) is 18.1. The molecule has 4 aromatic rings. The lowest BCUT2D eigenvalue weighted by Gasteiger charge is -2.13.